The summed E-state index contributed by atoms with van der Waals surface area (Å²) < 4.78 is 13.1. The number of aryl methyl sites for hydroxylation is 1. The molecule has 0 aliphatic rings. The van der Waals surface area contributed by atoms with Crippen LogP contribution in [0, 0.1) is 12.7 Å². The Morgan fingerprint density at radius 1 is 1.29 bits per heavy atom. The average molecular weight is 341 g/mol. The first-order chi connectivity index (χ1) is 11.6. The number of aromatic nitrogens is 2. The number of halogens is 1. The van der Waals surface area contributed by atoms with Crippen molar-refractivity contribution in [2.24, 2.45) is 0 Å². The van der Waals surface area contributed by atoms with Crippen LogP contribution in [0.4, 0.5) is 4.39 Å². The number of thiazole rings is 1. The van der Waals surface area contributed by atoms with E-state index in [0.29, 0.717) is 18.5 Å². The summed E-state index contributed by atoms with van der Waals surface area (Å²) in [5, 5.41) is 3.74. The van der Waals surface area contributed by atoms with Gasteiger partial charge in [0.1, 0.15) is 10.8 Å². The van der Waals surface area contributed by atoms with Crippen molar-refractivity contribution in [3.05, 3.63) is 70.7 Å². The van der Waals surface area contributed by atoms with E-state index in [1.807, 2.05) is 19.1 Å². The lowest BCUT2D eigenvalue weighted by molar-refractivity contribution is 0.0953. The Hall–Kier alpha value is -2.60. The lowest BCUT2D eigenvalue weighted by Crippen LogP contribution is -2.25. The molecule has 122 valence electrons. The number of carbonyl (C=O) groups excluding carboxylic acids is 1. The van der Waals surface area contributed by atoms with Crippen LogP contribution >= 0.6 is 11.3 Å². The van der Waals surface area contributed by atoms with Crippen LogP contribution in [0.15, 0.2) is 48.8 Å². The molecule has 0 atom stereocenters. The Labute approximate surface area is 143 Å². The molecule has 24 heavy (non-hydrogen) atoms. The molecular formula is C18H16FN3OS. The van der Waals surface area contributed by atoms with Gasteiger partial charge in [0.05, 0.1) is 5.69 Å². The van der Waals surface area contributed by atoms with Crippen molar-refractivity contribution in [1.82, 2.24) is 15.3 Å². The van der Waals surface area contributed by atoms with Crippen LogP contribution < -0.4 is 5.32 Å². The van der Waals surface area contributed by atoms with Gasteiger partial charge in [-0.05, 0) is 37.3 Å². The predicted octanol–water partition coefficient (Wildman–Crippen LogP) is 3.63. The van der Waals surface area contributed by atoms with E-state index in [2.05, 4.69) is 15.3 Å². The number of carbonyl (C=O) groups is 1. The largest absolute Gasteiger partial charge is 0.352 e. The fourth-order valence-electron chi connectivity index (χ4n) is 2.29. The maximum absolute atomic E-state index is 13.1. The van der Waals surface area contributed by atoms with Gasteiger partial charge in [0.15, 0.2) is 0 Å². The summed E-state index contributed by atoms with van der Waals surface area (Å²) in [4.78, 5) is 21.8. The van der Waals surface area contributed by atoms with Gasteiger partial charge in [0.2, 0.25) is 0 Å². The van der Waals surface area contributed by atoms with E-state index in [1.165, 1.54) is 18.2 Å². The van der Waals surface area contributed by atoms with E-state index in [9.17, 15) is 9.18 Å². The van der Waals surface area contributed by atoms with E-state index in [0.717, 1.165) is 21.1 Å². The molecule has 1 aromatic carbocycles. The molecule has 0 saturated heterocycles. The first-order valence-electron chi connectivity index (χ1n) is 7.54. The van der Waals surface area contributed by atoms with Crippen molar-refractivity contribution in [3.8, 4) is 10.6 Å². The molecule has 0 unspecified atom stereocenters. The third-order valence-electron chi connectivity index (χ3n) is 3.53. The lowest BCUT2D eigenvalue weighted by Gasteiger charge is -2.04. The number of hydrogen-bond acceptors (Lipinski definition) is 4. The zero-order valence-electron chi connectivity index (χ0n) is 13.1. The number of rotatable bonds is 5. The van der Waals surface area contributed by atoms with E-state index >= 15 is 0 Å². The van der Waals surface area contributed by atoms with Crippen LogP contribution in [-0.4, -0.2) is 22.4 Å². The van der Waals surface area contributed by atoms with E-state index in [4.69, 9.17) is 0 Å². The van der Waals surface area contributed by atoms with Crippen molar-refractivity contribution in [3.63, 3.8) is 0 Å². The summed E-state index contributed by atoms with van der Waals surface area (Å²) in [6, 6.07) is 9.52. The average Bonchev–Trinajstić information content (AvgIpc) is 2.96. The summed E-state index contributed by atoms with van der Waals surface area (Å²) in [6.45, 7) is 2.44. The number of amides is 1. The van der Waals surface area contributed by atoms with Gasteiger partial charge in [0, 0.05) is 41.4 Å². The number of hydrogen-bond donors (Lipinski definition) is 1. The Kier molecular flexibility index (Phi) is 4.96. The second kappa shape index (κ2) is 7.31. The molecule has 2 heterocycles. The number of nitrogens with one attached hydrogen (secondary N) is 1. The number of pyridine rings is 1. The van der Waals surface area contributed by atoms with E-state index < -0.39 is 5.82 Å². The number of nitrogens with zero attached hydrogens (tertiary/aromatic N) is 2. The molecule has 4 nitrogen and oxygen atoms in total. The maximum Gasteiger partial charge on any atom is 0.251 e. The van der Waals surface area contributed by atoms with Crippen LogP contribution in [0.1, 0.15) is 20.9 Å². The maximum atomic E-state index is 13.1. The van der Waals surface area contributed by atoms with Gasteiger partial charge in [-0.1, -0.05) is 6.07 Å². The fourth-order valence-corrected chi connectivity index (χ4v) is 3.35. The molecule has 0 aliphatic carbocycles. The Bertz CT molecular complexity index is 848. The van der Waals surface area contributed by atoms with Gasteiger partial charge in [-0.2, -0.15) is 0 Å². The first-order valence-corrected chi connectivity index (χ1v) is 8.35. The summed E-state index contributed by atoms with van der Waals surface area (Å²) in [6.07, 6.45) is 4.20. The summed E-state index contributed by atoms with van der Waals surface area (Å²) in [5.41, 5.74) is 2.27. The third kappa shape index (κ3) is 3.83. The first kappa shape index (κ1) is 16.3. The minimum Gasteiger partial charge on any atom is -0.352 e. The van der Waals surface area contributed by atoms with Crippen LogP contribution in [0.25, 0.3) is 10.6 Å². The van der Waals surface area contributed by atoms with Gasteiger partial charge in [-0.3, -0.25) is 9.78 Å². The molecule has 2 aromatic heterocycles. The van der Waals surface area contributed by atoms with Crippen LogP contribution in [0.3, 0.4) is 0 Å². The fraction of sp³-hybridized carbons (Fsp3) is 0.167. The van der Waals surface area contributed by atoms with Gasteiger partial charge >= 0.3 is 0 Å². The van der Waals surface area contributed by atoms with Crippen LogP contribution in [0.5, 0.6) is 0 Å². The Morgan fingerprint density at radius 2 is 2.17 bits per heavy atom. The van der Waals surface area contributed by atoms with Crippen molar-refractivity contribution >= 4 is 17.2 Å². The SMILES string of the molecule is Cc1nc(-c2cccnc2)sc1CCNC(=O)c1cccc(F)c1. The summed E-state index contributed by atoms with van der Waals surface area (Å²) in [5.74, 6) is -0.689. The minimum absolute atomic E-state index is 0.274. The molecule has 6 heteroatoms. The van der Waals surface area contributed by atoms with Crippen molar-refractivity contribution in [2.45, 2.75) is 13.3 Å². The molecule has 1 amide bonds. The zero-order chi connectivity index (χ0) is 16.9. The molecule has 0 aliphatic heterocycles. The third-order valence-corrected chi connectivity index (χ3v) is 4.79. The Balaban J connectivity index is 1.61. The highest BCUT2D eigenvalue weighted by atomic mass is 32.1. The summed E-state index contributed by atoms with van der Waals surface area (Å²) in [7, 11) is 0. The summed E-state index contributed by atoms with van der Waals surface area (Å²) >= 11 is 1.60. The topological polar surface area (TPSA) is 54.9 Å². The molecular weight excluding hydrogens is 325 g/mol. The van der Waals surface area contributed by atoms with Gasteiger partial charge in [0.25, 0.3) is 5.91 Å². The second-order valence-electron chi connectivity index (χ2n) is 5.29. The monoisotopic (exact) mass is 341 g/mol. The zero-order valence-corrected chi connectivity index (χ0v) is 13.9. The van der Waals surface area contributed by atoms with E-state index in [-0.39, 0.29) is 5.91 Å². The molecule has 0 fully saturated rings. The van der Waals surface area contributed by atoms with Gasteiger partial charge in [-0.25, -0.2) is 9.37 Å². The normalized spacial score (nSPS) is 10.6. The second-order valence-corrected chi connectivity index (χ2v) is 6.37. The molecule has 3 rings (SSSR count). The van der Waals surface area contributed by atoms with Gasteiger partial charge < -0.3 is 5.32 Å². The lowest BCUT2D eigenvalue weighted by atomic mass is 10.2. The molecule has 1 N–H and O–H groups in total. The van der Waals surface area contributed by atoms with Crippen molar-refractivity contribution in [1.29, 1.82) is 0 Å². The highest BCUT2D eigenvalue weighted by molar-refractivity contribution is 7.15. The van der Waals surface area contributed by atoms with Crippen LogP contribution in [0.2, 0.25) is 0 Å². The quantitative estimate of drug-likeness (QED) is 0.771. The van der Waals surface area contributed by atoms with E-state index in [1.54, 1.807) is 29.8 Å². The van der Waals surface area contributed by atoms with Crippen LogP contribution in [-0.2, 0) is 6.42 Å². The Morgan fingerprint density at radius 3 is 2.92 bits per heavy atom. The standard InChI is InChI=1S/C18H16FN3OS/c1-12-16(24-18(22-12)14-5-3-8-20-11-14)7-9-21-17(23)13-4-2-6-15(19)10-13/h2-6,8,10-11H,7,9H2,1H3,(H,21,23). The highest BCUT2D eigenvalue weighted by Gasteiger charge is 2.11. The molecule has 3 aromatic rings. The molecule has 0 spiro atoms. The van der Waals surface area contributed by atoms with Gasteiger partial charge in [-0.15, -0.1) is 11.3 Å². The molecule has 0 saturated carbocycles. The van der Waals surface area contributed by atoms with Crippen molar-refractivity contribution in [2.75, 3.05) is 6.54 Å². The smallest absolute Gasteiger partial charge is 0.251 e. The highest BCUT2D eigenvalue weighted by Crippen LogP contribution is 2.27. The molecule has 0 radical (unpaired) electrons. The molecule has 0 bridgehead atoms. The predicted molar refractivity (Wildman–Crippen MR) is 92.5 cm³/mol. The number of benzene rings is 1. The minimum atomic E-state index is -0.415. The van der Waals surface area contributed by atoms with Crippen molar-refractivity contribution < 1.29 is 9.18 Å².